The first kappa shape index (κ1) is 25.4. The van der Waals surface area contributed by atoms with Crippen LogP contribution < -0.4 is 4.90 Å². The Morgan fingerprint density at radius 3 is 1.91 bits per heavy atom. The smallest absolute Gasteiger partial charge is 0.242 e. The predicted molar refractivity (Wildman–Crippen MR) is 139 cm³/mol. The molecule has 0 bridgehead atoms. The van der Waals surface area contributed by atoms with Gasteiger partial charge in [-0.2, -0.15) is 0 Å². The maximum absolute atomic E-state index is 13.2. The summed E-state index contributed by atoms with van der Waals surface area (Å²) in [6.45, 7) is 4.35. The molecule has 0 radical (unpaired) electrons. The number of anilines is 1. The van der Waals surface area contributed by atoms with E-state index < -0.39 is 19.9 Å². The van der Waals surface area contributed by atoms with E-state index in [0.29, 0.717) is 0 Å². The molecule has 0 aliphatic carbocycles. The summed E-state index contributed by atoms with van der Waals surface area (Å²) >= 11 is 0. The highest BCUT2D eigenvalue weighted by molar-refractivity contribution is 7.90. The summed E-state index contributed by atoms with van der Waals surface area (Å²) in [5.74, 6) is -0.146. The minimum absolute atomic E-state index is 0.0650. The lowest BCUT2D eigenvalue weighted by molar-refractivity contribution is 0.250. The van der Waals surface area contributed by atoms with Gasteiger partial charge in [-0.1, -0.05) is 48.5 Å². The first-order chi connectivity index (χ1) is 16.7. The topological polar surface area (TPSA) is 78.0 Å². The molecule has 1 saturated heterocycles. The van der Waals surface area contributed by atoms with Crippen LogP contribution in [-0.4, -0.2) is 66.3 Å². The molecule has 0 aromatic heterocycles. The monoisotopic (exact) mass is 513 g/mol. The van der Waals surface area contributed by atoms with Crippen LogP contribution in [0.2, 0.25) is 0 Å². The zero-order chi connectivity index (χ0) is 25.1. The highest BCUT2D eigenvalue weighted by Gasteiger charge is 2.24. The van der Waals surface area contributed by atoms with E-state index in [0.717, 1.165) is 48.3 Å². The molecule has 0 unspecified atom stereocenters. The lowest BCUT2D eigenvalue weighted by Crippen LogP contribution is -2.46. The number of piperazine rings is 1. The normalized spacial score (nSPS) is 15.5. The van der Waals surface area contributed by atoms with Crippen molar-refractivity contribution in [3.05, 3.63) is 90.0 Å². The lowest BCUT2D eigenvalue weighted by atomic mass is 10.1. The van der Waals surface area contributed by atoms with Crippen LogP contribution in [0.5, 0.6) is 0 Å². The minimum atomic E-state index is -3.65. The van der Waals surface area contributed by atoms with Gasteiger partial charge in [0.2, 0.25) is 10.0 Å². The number of rotatable bonds is 8. The highest BCUT2D eigenvalue weighted by atomic mass is 32.2. The van der Waals surface area contributed by atoms with E-state index in [9.17, 15) is 16.8 Å². The number of hydrogen-bond acceptors (Lipinski definition) is 6. The van der Waals surface area contributed by atoms with Gasteiger partial charge in [0.15, 0.2) is 9.84 Å². The summed E-state index contributed by atoms with van der Waals surface area (Å²) in [6, 6.07) is 23.5. The Hall–Kier alpha value is -2.72. The van der Waals surface area contributed by atoms with Crippen LogP contribution in [0.3, 0.4) is 0 Å². The molecule has 4 rings (SSSR count). The van der Waals surface area contributed by atoms with Crippen molar-refractivity contribution in [2.24, 2.45) is 0 Å². The quantitative estimate of drug-likeness (QED) is 0.460. The summed E-state index contributed by atoms with van der Waals surface area (Å²) in [5, 5.41) is 0. The average Bonchev–Trinajstić information content (AvgIpc) is 2.85. The number of hydrogen-bond donors (Lipinski definition) is 0. The lowest BCUT2D eigenvalue weighted by Gasteiger charge is -2.37. The molecule has 1 aliphatic heterocycles. The van der Waals surface area contributed by atoms with Crippen molar-refractivity contribution in [2.45, 2.75) is 22.1 Å². The Labute approximate surface area is 208 Å². The molecule has 7 nitrogen and oxygen atoms in total. The first-order valence-corrected chi connectivity index (χ1v) is 14.6. The molecule has 186 valence electrons. The van der Waals surface area contributed by atoms with Crippen LogP contribution in [0, 0.1) is 0 Å². The zero-order valence-electron chi connectivity index (χ0n) is 20.0. The largest absolute Gasteiger partial charge is 0.369 e. The van der Waals surface area contributed by atoms with Crippen molar-refractivity contribution in [1.29, 1.82) is 0 Å². The second-order valence-electron chi connectivity index (χ2n) is 8.90. The van der Waals surface area contributed by atoms with E-state index in [4.69, 9.17) is 0 Å². The van der Waals surface area contributed by atoms with Gasteiger partial charge >= 0.3 is 0 Å². The Bertz CT molecular complexity index is 1350. The van der Waals surface area contributed by atoms with Gasteiger partial charge in [0.25, 0.3) is 0 Å². The minimum Gasteiger partial charge on any atom is -0.369 e. The van der Waals surface area contributed by atoms with Gasteiger partial charge in [-0.25, -0.2) is 21.1 Å². The molecule has 0 N–H and O–H groups in total. The summed E-state index contributed by atoms with van der Waals surface area (Å²) in [7, 11) is -4.38. The van der Waals surface area contributed by atoms with E-state index in [-0.39, 0.29) is 15.5 Å². The van der Waals surface area contributed by atoms with E-state index in [2.05, 4.69) is 34.1 Å². The third-order valence-electron chi connectivity index (χ3n) is 6.26. The molecule has 0 atom stereocenters. The van der Waals surface area contributed by atoms with Gasteiger partial charge in [-0.3, -0.25) is 4.90 Å². The molecule has 0 amide bonds. The van der Waals surface area contributed by atoms with Crippen LogP contribution in [0.1, 0.15) is 11.1 Å². The van der Waals surface area contributed by atoms with Gasteiger partial charge in [0.1, 0.15) is 0 Å². The fourth-order valence-corrected chi connectivity index (χ4v) is 6.52. The van der Waals surface area contributed by atoms with E-state index in [1.807, 2.05) is 30.3 Å². The Balaban J connectivity index is 1.47. The molecule has 0 spiro atoms. The average molecular weight is 514 g/mol. The summed E-state index contributed by atoms with van der Waals surface area (Å²) < 4.78 is 52.1. The van der Waals surface area contributed by atoms with Crippen molar-refractivity contribution < 1.29 is 16.8 Å². The summed E-state index contributed by atoms with van der Waals surface area (Å²) in [4.78, 5) is 4.83. The number of benzene rings is 3. The fraction of sp³-hybridized carbons (Fsp3) is 0.308. The molecular weight excluding hydrogens is 482 g/mol. The number of para-hydroxylation sites is 1. The maximum atomic E-state index is 13.2. The molecule has 35 heavy (non-hydrogen) atoms. The van der Waals surface area contributed by atoms with Crippen LogP contribution in [0.4, 0.5) is 5.69 Å². The Morgan fingerprint density at radius 2 is 1.29 bits per heavy atom. The van der Waals surface area contributed by atoms with Crippen molar-refractivity contribution >= 4 is 25.5 Å². The van der Waals surface area contributed by atoms with Crippen molar-refractivity contribution in [3.8, 4) is 0 Å². The number of sulfonamides is 1. The second-order valence-corrected chi connectivity index (χ2v) is 13.0. The molecule has 3 aromatic carbocycles. The van der Waals surface area contributed by atoms with Crippen molar-refractivity contribution in [2.75, 3.05) is 45.2 Å². The van der Waals surface area contributed by atoms with Crippen LogP contribution in [0.15, 0.2) is 88.7 Å². The third-order valence-corrected chi connectivity index (χ3v) is 9.77. The highest BCUT2D eigenvalue weighted by Crippen LogP contribution is 2.27. The fourth-order valence-electron chi connectivity index (χ4n) is 4.25. The van der Waals surface area contributed by atoms with Gasteiger partial charge in [-0.05, 0) is 41.5 Å². The summed E-state index contributed by atoms with van der Waals surface area (Å²) in [5.41, 5.74) is 2.97. The molecule has 1 heterocycles. The SMILES string of the molecule is CN(C)S(=O)(=O)c1ccc(S(=O)(=O)Cc2ccccc2N2CCN(Cc3ccccc3)CC2)cc1. The van der Waals surface area contributed by atoms with Crippen LogP contribution in [-0.2, 0) is 32.2 Å². The van der Waals surface area contributed by atoms with Crippen LogP contribution >= 0.6 is 0 Å². The molecule has 3 aromatic rings. The van der Waals surface area contributed by atoms with Crippen molar-refractivity contribution in [3.63, 3.8) is 0 Å². The molecular formula is C26H31N3O4S2. The summed E-state index contributed by atoms with van der Waals surface area (Å²) in [6.07, 6.45) is 0. The Morgan fingerprint density at radius 1 is 0.714 bits per heavy atom. The molecule has 1 aliphatic rings. The predicted octanol–water partition coefficient (Wildman–Crippen LogP) is 3.23. The van der Waals surface area contributed by atoms with E-state index in [1.165, 1.54) is 43.9 Å². The molecule has 1 fully saturated rings. The van der Waals surface area contributed by atoms with E-state index >= 15 is 0 Å². The molecule has 9 heteroatoms. The van der Waals surface area contributed by atoms with Gasteiger partial charge in [0.05, 0.1) is 15.5 Å². The van der Waals surface area contributed by atoms with Gasteiger partial charge in [0, 0.05) is 52.5 Å². The standard InChI is InChI=1S/C26H31N3O4S2/c1-27(2)35(32,33)25-14-12-24(13-15-25)34(30,31)21-23-10-6-7-11-26(23)29-18-16-28(17-19-29)20-22-8-4-3-5-9-22/h3-15H,16-21H2,1-2H3. The molecule has 0 saturated carbocycles. The first-order valence-electron chi connectivity index (χ1n) is 11.5. The third kappa shape index (κ3) is 5.92. The van der Waals surface area contributed by atoms with Gasteiger partial charge in [-0.15, -0.1) is 0 Å². The number of nitrogens with zero attached hydrogens (tertiary/aromatic N) is 3. The zero-order valence-corrected chi connectivity index (χ0v) is 21.7. The van der Waals surface area contributed by atoms with Crippen molar-refractivity contribution in [1.82, 2.24) is 9.21 Å². The van der Waals surface area contributed by atoms with Crippen LogP contribution in [0.25, 0.3) is 0 Å². The van der Waals surface area contributed by atoms with E-state index in [1.54, 1.807) is 0 Å². The van der Waals surface area contributed by atoms with Gasteiger partial charge < -0.3 is 4.90 Å². The number of sulfone groups is 1. The Kier molecular flexibility index (Phi) is 7.61. The second kappa shape index (κ2) is 10.5. The maximum Gasteiger partial charge on any atom is 0.242 e.